The molecule has 2 aromatic carbocycles. The Kier molecular flexibility index (Phi) is 6.51. The summed E-state index contributed by atoms with van der Waals surface area (Å²) in [6.07, 6.45) is 0. The summed E-state index contributed by atoms with van der Waals surface area (Å²) >= 11 is 0. The molecular formula is C21H20F2N2O5. The fraction of sp³-hybridized carbons (Fsp3) is 0.238. The van der Waals surface area contributed by atoms with Crippen LogP contribution < -0.4 is 19.5 Å². The smallest absolute Gasteiger partial charge is 0.387 e. The molecule has 0 unspecified atom stereocenters. The number of hydrogen-bond acceptors (Lipinski definition) is 6. The molecule has 3 aromatic rings. The quantitative estimate of drug-likeness (QED) is 0.569. The summed E-state index contributed by atoms with van der Waals surface area (Å²) < 4.78 is 45.0. The van der Waals surface area contributed by atoms with Crippen molar-refractivity contribution in [3.05, 3.63) is 65.0 Å². The molecule has 1 amide bonds. The van der Waals surface area contributed by atoms with Crippen LogP contribution in [0.3, 0.4) is 0 Å². The van der Waals surface area contributed by atoms with Crippen molar-refractivity contribution >= 4 is 11.6 Å². The number of amides is 1. The van der Waals surface area contributed by atoms with E-state index >= 15 is 0 Å². The van der Waals surface area contributed by atoms with Crippen LogP contribution in [-0.4, -0.2) is 24.8 Å². The highest BCUT2D eigenvalue weighted by atomic mass is 19.3. The molecule has 30 heavy (non-hydrogen) atoms. The van der Waals surface area contributed by atoms with Crippen molar-refractivity contribution in [1.29, 1.82) is 0 Å². The van der Waals surface area contributed by atoms with Crippen molar-refractivity contribution in [2.24, 2.45) is 0 Å². The van der Waals surface area contributed by atoms with Crippen LogP contribution in [0.2, 0.25) is 0 Å². The lowest BCUT2D eigenvalue weighted by molar-refractivity contribution is -0.0498. The van der Waals surface area contributed by atoms with Gasteiger partial charge in [-0.25, -0.2) is 0 Å². The molecule has 1 N–H and O–H groups in total. The number of hydrogen-bond donors (Lipinski definition) is 1. The van der Waals surface area contributed by atoms with Crippen LogP contribution in [0.4, 0.5) is 14.5 Å². The fourth-order valence-corrected chi connectivity index (χ4v) is 2.71. The number of halogens is 2. The standard InChI is InChI=1S/C21H20F2N2O5/c1-12-17(13(2)30-25-12)11-28-18-9-4-14(10-19(18)27-3)20(26)24-15-5-7-16(8-6-15)29-21(22)23/h4-10,21H,11H2,1-3H3,(H,24,26). The second-order valence-corrected chi connectivity index (χ2v) is 6.31. The first-order valence-corrected chi connectivity index (χ1v) is 8.96. The number of alkyl halides is 2. The van der Waals surface area contributed by atoms with Crippen LogP contribution in [0.1, 0.15) is 27.4 Å². The first kappa shape index (κ1) is 21.1. The van der Waals surface area contributed by atoms with Crippen LogP contribution >= 0.6 is 0 Å². The van der Waals surface area contributed by atoms with Crippen LogP contribution in [0, 0.1) is 13.8 Å². The minimum Gasteiger partial charge on any atom is -0.493 e. The number of nitrogens with one attached hydrogen (secondary N) is 1. The van der Waals surface area contributed by atoms with Crippen molar-refractivity contribution in [3.63, 3.8) is 0 Å². The molecule has 1 heterocycles. The SMILES string of the molecule is COc1cc(C(=O)Nc2ccc(OC(F)F)cc2)ccc1OCc1c(C)noc1C. The van der Waals surface area contributed by atoms with Gasteiger partial charge < -0.3 is 24.1 Å². The van der Waals surface area contributed by atoms with Crippen molar-refractivity contribution in [1.82, 2.24) is 5.16 Å². The molecule has 0 saturated heterocycles. The van der Waals surface area contributed by atoms with Crippen molar-refractivity contribution < 1.29 is 32.3 Å². The van der Waals surface area contributed by atoms with Gasteiger partial charge in [0.2, 0.25) is 0 Å². The van der Waals surface area contributed by atoms with Gasteiger partial charge in [0, 0.05) is 11.3 Å². The van der Waals surface area contributed by atoms with E-state index in [2.05, 4.69) is 15.2 Å². The number of anilines is 1. The van der Waals surface area contributed by atoms with E-state index in [4.69, 9.17) is 14.0 Å². The van der Waals surface area contributed by atoms with Gasteiger partial charge in [-0.1, -0.05) is 5.16 Å². The highest BCUT2D eigenvalue weighted by molar-refractivity contribution is 6.04. The molecule has 0 bridgehead atoms. The Labute approximate surface area is 171 Å². The maximum atomic E-state index is 12.5. The molecule has 0 saturated carbocycles. The lowest BCUT2D eigenvalue weighted by atomic mass is 10.1. The molecule has 0 aliphatic rings. The summed E-state index contributed by atoms with van der Waals surface area (Å²) in [7, 11) is 1.47. The van der Waals surface area contributed by atoms with Gasteiger partial charge in [-0.15, -0.1) is 0 Å². The maximum absolute atomic E-state index is 12.5. The molecule has 0 radical (unpaired) electrons. The third kappa shape index (κ3) is 5.05. The predicted molar refractivity (Wildman–Crippen MR) is 104 cm³/mol. The van der Waals surface area contributed by atoms with Gasteiger partial charge in [0.25, 0.3) is 5.91 Å². The molecule has 158 valence electrons. The molecule has 0 atom stereocenters. The second-order valence-electron chi connectivity index (χ2n) is 6.31. The number of rotatable bonds is 8. The van der Waals surface area contributed by atoms with E-state index in [1.54, 1.807) is 25.1 Å². The lowest BCUT2D eigenvalue weighted by Gasteiger charge is -2.12. The number of methoxy groups -OCH3 is 1. The van der Waals surface area contributed by atoms with Crippen LogP contribution in [0.25, 0.3) is 0 Å². The first-order valence-electron chi connectivity index (χ1n) is 8.96. The monoisotopic (exact) mass is 418 g/mol. The zero-order valence-electron chi connectivity index (χ0n) is 16.6. The molecule has 7 nitrogen and oxygen atoms in total. The summed E-state index contributed by atoms with van der Waals surface area (Å²) in [5, 5.41) is 6.56. The molecule has 1 aromatic heterocycles. The highest BCUT2D eigenvalue weighted by Crippen LogP contribution is 2.30. The van der Waals surface area contributed by atoms with E-state index in [1.165, 1.54) is 31.4 Å². The van der Waals surface area contributed by atoms with Crippen molar-refractivity contribution in [2.45, 2.75) is 27.1 Å². The third-order valence-corrected chi connectivity index (χ3v) is 4.32. The van der Waals surface area contributed by atoms with E-state index in [1.807, 2.05) is 6.92 Å². The van der Waals surface area contributed by atoms with Gasteiger partial charge in [0.05, 0.1) is 18.4 Å². The van der Waals surface area contributed by atoms with Crippen molar-refractivity contribution in [3.8, 4) is 17.2 Å². The summed E-state index contributed by atoms with van der Waals surface area (Å²) in [4.78, 5) is 12.5. The normalized spacial score (nSPS) is 10.7. The minimum absolute atomic E-state index is 0.00413. The van der Waals surface area contributed by atoms with E-state index < -0.39 is 12.5 Å². The second kappa shape index (κ2) is 9.25. The Balaban J connectivity index is 1.68. The van der Waals surface area contributed by atoms with E-state index in [9.17, 15) is 13.6 Å². The van der Waals surface area contributed by atoms with Crippen LogP contribution in [-0.2, 0) is 6.61 Å². The Bertz CT molecular complexity index is 999. The predicted octanol–water partition coefficient (Wildman–Crippen LogP) is 4.73. The van der Waals surface area contributed by atoms with Gasteiger partial charge in [0.15, 0.2) is 11.5 Å². The summed E-state index contributed by atoms with van der Waals surface area (Å²) in [5.41, 5.74) is 2.36. The molecular weight excluding hydrogens is 398 g/mol. The highest BCUT2D eigenvalue weighted by Gasteiger charge is 2.14. The number of carbonyl (C=O) groups excluding carboxylic acids is 1. The maximum Gasteiger partial charge on any atom is 0.387 e. The van der Waals surface area contributed by atoms with Crippen molar-refractivity contribution in [2.75, 3.05) is 12.4 Å². The summed E-state index contributed by atoms with van der Waals surface area (Å²) in [5.74, 6) is 1.13. The third-order valence-electron chi connectivity index (χ3n) is 4.32. The van der Waals surface area contributed by atoms with Gasteiger partial charge in [-0.3, -0.25) is 4.79 Å². The zero-order valence-corrected chi connectivity index (χ0v) is 16.6. The van der Waals surface area contributed by atoms with Gasteiger partial charge >= 0.3 is 6.61 Å². The largest absolute Gasteiger partial charge is 0.493 e. The average molecular weight is 418 g/mol. The minimum atomic E-state index is -2.91. The Morgan fingerprint density at radius 2 is 1.87 bits per heavy atom. The van der Waals surface area contributed by atoms with Gasteiger partial charge in [-0.05, 0) is 56.3 Å². The topological polar surface area (TPSA) is 82.8 Å². The molecule has 0 spiro atoms. The molecule has 9 heteroatoms. The summed E-state index contributed by atoms with van der Waals surface area (Å²) in [6.45, 7) is 0.966. The number of nitrogens with zero attached hydrogens (tertiary/aromatic N) is 1. The number of aryl methyl sites for hydroxylation is 2. The van der Waals surface area contributed by atoms with E-state index in [0.29, 0.717) is 28.5 Å². The van der Waals surface area contributed by atoms with Crippen LogP contribution in [0.5, 0.6) is 17.2 Å². The Morgan fingerprint density at radius 1 is 1.13 bits per heavy atom. The molecule has 0 aliphatic heterocycles. The number of benzene rings is 2. The number of aromatic nitrogens is 1. The first-order chi connectivity index (χ1) is 14.4. The van der Waals surface area contributed by atoms with Gasteiger partial charge in [-0.2, -0.15) is 8.78 Å². The van der Waals surface area contributed by atoms with E-state index in [0.717, 1.165) is 11.3 Å². The Morgan fingerprint density at radius 3 is 2.47 bits per heavy atom. The average Bonchev–Trinajstić information content (AvgIpc) is 3.04. The molecule has 3 rings (SSSR count). The van der Waals surface area contributed by atoms with Crippen LogP contribution in [0.15, 0.2) is 47.0 Å². The number of carbonyl (C=O) groups is 1. The molecule has 0 fully saturated rings. The Hall–Kier alpha value is -3.62. The summed E-state index contributed by atoms with van der Waals surface area (Å²) in [6, 6.07) is 10.4. The lowest BCUT2D eigenvalue weighted by Crippen LogP contribution is -2.12. The van der Waals surface area contributed by atoms with Gasteiger partial charge in [0.1, 0.15) is 18.1 Å². The zero-order chi connectivity index (χ0) is 21.7. The number of ether oxygens (including phenoxy) is 3. The fourth-order valence-electron chi connectivity index (χ4n) is 2.71. The van der Waals surface area contributed by atoms with E-state index in [-0.39, 0.29) is 12.4 Å². The molecule has 0 aliphatic carbocycles.